The van der Waals surface area contributed by atoms with Crippen LogP contribution in [0.2, 0.25) is 0 Å². The molecule has 0 saturated carbocycles. The lowest BCUT2D eigenvalue weighted by Gasteiger charge is -2.19. The first-order chi connectivity index (χ1) is 12.6. The summed E-state index contributed by atoms with van der Waals surface area (Å²) in [5, 5.41) is 13.8. The van der Waals surface area contributed by atoms with E-state index in [-0.39, 0.29) is 16.9 Å². The Morgan fingerprint density at radius 3 is 2.07 bits per heavy atom. The van der Waals surface area contributed by atoms with Gasteiger partial charge in [0.1, 0.15) is 6.54 Å². The Balaban J connectivity index is 2.16. The summed E-state index contributed by atoms with van der Waals surface area (Å²) in [5.41, 5.74) is 3.23. The van der Waals surface area contributed by atoms with Crippen LogP contribution in [0.15, 0.2) is 42.5 Å². The lowest BCUT2D eigenvalue weighted by Crippen LogP contribution is -2.29. The van der Waals surface area contributed by atoms with Crippen molar-refractivity contribution in [1.82, 2.24) is 5.32 Å². The van der Waals surface area contributed by atoms with Crippen molar-refractivity contribution < 1.29 is 19.5 Å². The van der Waals surface area contributed by atoms with Gasteiger partial charge in [-0.1, -0.05) is 39.0 Å². The highest BCUT2D eigenvalue weighted by Gasteiger charge is 2.15. The summed E-state index contributed by atoms with van der Waals surface area (Å²) in [7, 11) is 0. The monoisotopic (exact) mass is 368 g/mol. The number of carboxylic acid groups (broad SMARTS) is 1. The molecular weight excluding hydrogens is 344 g/mol. The largest absolute Gasteiger partial charge is 0.480 e. The van der Waals surface area contributed by atoms with Gasteiger partial charge in [0, 0.05) is 16.8 Å². The van der Waals surface area contributed by atoms with Gasteiger partial charge in [0.25, 0.3) is 11.8 Å². The summed E-state index contributed by atoms with van der Waals surface area (Å²) in [6.45, 7) is 7.66. The first kappa shape index (κ1) is 20.2. The molecule has 6 nitrogen and oxygen atoms in total. The second kappa shape index (κ2) is 8.03. The van der Waals surface area contributed by atoms with Crippen molar-refractivity contribution in [3.05, 3.63) is 64.7 Å². The van der Waals surface area contributed by atoms with Gasteiger partial charge in [-0.15, -0.1) is 0 Å². The van der Waals surface area contributed by atoms with Gasteiger partial charge >= 0.3 is 5.97 Å². The van der Waals surface area contributed by atoms with Crippen molar-refractivity contribution in [3.8, 4) is 0 Å². The van der Waals surface area contributed by atoms with Crippen molar-refractivity contribution in [2.75, 3.05) is 11.9 Å². The number of carbonyl (C=O) groups excluding carboxylic acids is 2. The summed E-state index contributed by atoms with van der Waals surface area (Å²) in [6.07, 6.45) is 0. The van der Waals surface area contributed by atoms with Gasteiger partial charge in [0.2, 0.25) is 0 Å². The minimum absolute atomic E-state index is 0.00321. The van der Waals surface area contributed by atoms with Crippen LogP contribution in [0.3, 0.4) is 0 Å². The Morgan fingerprint density at radius 2 is 1.52 bits per heavy atom. The van der Waals surface area contributed by atoms with Crippen molar-refractivity contribution >= 4 is 23.5 Å². The molecule has 2 rings (SSSR count). The predicted octanol–water partition coefficient (Wildman–Crippen LogP) is 3.36. The average Bonchev–Trinajstić information content (AvgIpc) is 2.60. The first-order valence-electron chi connectivity index (χ1n) is 8.60. The van der Waals surface area contributed by atoms with Crippen molar-refractivity contribution in [2.45, 2.75) is 33.1 Å². The minimum atomic E-state index is -1.12. The molecule has 0 aliphatic rings. The number of carbonyl (C=O) groups is 3. The van der Waals surface area contributed by atoms with Crippen LogP contribution in [-0.2, 0) is 10.2 Å². The Morgan fingerprint density at radius 1 is 0.926 bits per heavy atom. The molecule has 0 unspecified atom stereocenters. The molecule has 3 N–H and O–H groups in total. The minimum Gasteiger partial charge on any atom is -0.480 e. The van der Waals surface area contributed by atoms with E-state index in [0.717, 1.165) is 11.1 Å². The Labute approximate surface area is 158 Å². The molecule has 142 valence electrons. The van der Waals surface area contributed by atoms with Crippen LogP contribution in [0.5, 0.6) is 0 Å². The molecular formula is C21H24N2O4. The van der Waals surface area contributed by atoms with E-state index in [1.54, 1.807) is 24.3 Å². The molecule has 0 spiro atoms. The predicted molar refractivity (Wildman–Crippen MR) is 104 cm³/mol. The summed E-state index contributed by atoms with van der Waals surface area (Å²) >= 11 is 0. The number of benzene rings is 2. The molecule has 0 aliphatic carbocycles. The van der Waals surface area contributed by atoms with E-state index < -0.39 is 18.4 Å². The maximum Gasteiger partial charge on any atom is 0.322 e. The third-order valence-corrected chi connectivity index (χ3v) is 4.16. The van der Waals surface area contributed by atoms with Gasteiger partial charge in [-0.25, -0.2) is 0 Å². The molecule has 0 radical (unpaired) electrons. The molecule has 0 atom stereocenters. The lowest BCUT2D eigenvalue weighted by atomic mass is 9.86. The fourth-order valence-electron chi connectivity index (χ4n) is 2.47. The zero-order valence-corrected chi connectivity index (χ0v) is 15.9. The molecule has 2 amide bonds. The molecule has 0 saturated heterocycles. The van der Waals surface area contributed by atoms with Crippen LogP contribution < -0.4 is 10.6 Å². The summed E-state index contributed by atoms with van der Waals surface area (Å²) < 4.78 is 0. The third kappa shape index (κ3) is 5.41. The smallest absolute Gasteiger partial charge is 0.322 e. The molecule has 0 aromatic heterocycles. The second-order valence-corrected chi connectivity index (χ2v) is 7.39. The van der Waals surface area contributed by atoms with Crippen LogP contribution in [0.1, 0.15) is 52.6 Å². The third-order valence-electron chi connectivity index (χ3n) is 4.16. The van der Waals surface area contributed by atoms with E-state index >= 15 is 0 Å². The number of aryl methyl sites for hydroxylation is 1. The highest BCUT2D eigenvalue weighted by molar-refractivity contribution is 6.05. The highest BCUT2D eigenvalue weighted by Crippen LogP contribution is 2.23. The number of anilines is 1. The maximum atomic E-state index is 12.5. The van der Waals surface area contributed by atoms with E-state index in [4.69, 9.17) is 5.11 Å². The van der Waals surface area contributed by atoms with Crippen LogP contribution in [0.25, 0.3) is 0 Å². The van der Waals surface area contributed by atoms with Crippen molar-refractivity contribution in [2.24, 2.45) is 0 Å². The molecule has 0 bridgehead atoms. The fourth-order valence-corrected chi connectivity index (χ4v) is 2.47. The van der Waals surface area contributed by atoms with E-state index in [1.165, 1.54) is 6.07 Å². The molecule has 2 aromatic carbocycles. The number of carboxylic acids is 1. The van der Waals surface area contributed by atoms with Crippen LogP contribution in [0, 0.1) is 6.92 Å². The summed E-state index contributed by atoms with van der Waals surface area (Å²) in [5.74, 6) is -1.91. The van der Waals surface area contributed by atoms with E-state index in [1.807, 2.05) is 19.1 Å². The molecule has 0 aliphatic heterocycles. The Kier molecular flexibility index (Phi) is 6.00. The van der Waals surface area contributed by atoms with E-state index in [2.05, 4.69) is 31.4 Å². The fraction of sp³-hybridized carbons (Fsp3) is 0.286. The Bertz CT molecular complexity index is 865. The standard InChI is InChI=1S/C21H24N2O4/c1-13-5-6-15(19(26)22-12-18(24)25)11-17(13)23-20(27)14-7-9-16(10-8-14)21(2,3)4/h5-11H,12H2,1-4H3,(H,22,26)(H,23,27)(H,24,25). The van der Waals surface area contributed by atoms with Crippen molar-refractivity contribution in [1.29, 1.82) is 0 Å². The van der Waals surface area contributed by atoms with Crippen LogP contribution in [-0.4, -0.2) is 29.4 Å². The van der Waals surface area contributed by atoms with Gasteiger partial charge in [-0.2, -0.15) is 0 Å². The summed E-state index contributed by atoms with van der Waals surface area (Å²) in [6, 6.07) is 12.2. The zero-order valence-electron chi connectivity index (χ0n) is 15.9. The van der Waals surface area contributed by atoms with Crippen LogP contribution >= 0.6 is 0 Å². The lowest BCUT2D eigenvalue weighted by molar-refractivity contribution is -0.135. The second-order valence-electron chi connectivity index (χ2n) is 7.39. The summed E-state index contributed by atoms with van der Waals surface area (Å²) in [4.78, 5) is 35.1. The number of amides is 2. The molecule has 0 fully saturated rings. The number of hydrogen-bond acceptors (Lipinski definition) is 3. The van der Waals surface area contributed by atoms with Gasteiger partial charge in [-0.05, 0) is 47.7 Å². The quantitative estimate of drug-likeness (QED) is 0.754. The molecule has 2 aromatic rings. The Hall–Kier alpha value is -3.15. The number of aliphatic carboxylic acids is 1. The molecule has 27 heavy (non-hydrogen) atoms. The van der Waals surface area contributed by atoms with E-state index in [9.17, 15) is 14.4 Å². The van der Waals surface area contributed by atoms with Crippen LogP contribution in [0.4, 0.5) is 5.69 Å². The molecule has 0 heterocycles. The number of nitrogens with one attached hydrogen (secondary N) is 2. The average molecular weight is 368 g/mol. The SMILES string of the molecule is Cc1ccc(C(=O)NCC(=O)O)cc1NC(=O)c1ccc(C(C)(C)C)cc1. The normalized spacial score (nSPS) is 11.0. The maximum absolute atomic E-state index is 12.5. The topological polar surface area (TPSA) is 95.5 Å². The van der Waals surface area contributed by atoms with Crippen molar-refractivity contribution in [3.63, 3.8) is 0 Å². The molecule has 6 heteroatoms. The number of rotatable bonds is 5. The highest BCUT2D eigenvalue weighted by atomic mass is 16.4. The van der Waals surface area contributed by atoms with Gasteiger partial charge < -0.3 is 15.7 Å². The zero-order chi connectivity index (χ0) is 20.2. The first-order valence-corrected chi connectivity index (χ1v) is 8.60. The van der Waals surface area contributed by atoms with E-state index in [0.29, 0.717) is 11.3 Å². The van der Waals surface area contributed by atoms with Gasteiger partial charge in [-0.3, -0.25) is 14.4 Å². The number of hydrogen-bond donors (Lipinski definition) is 3. The van der Waals surface area contributed by atoms with Gasteiger partial charge in [0.05, 0.1) is 0 Å². The van der Waals surface area contributed by atoms with Gasteiger partial charge in [0.15, 0.2) is 0 Å².